The van der Waals surface area contributed by atoms with Crippen LogP contribution in [0, 0.1) is 10.1 Å². The Morgan fingerprint density at radius 1 is 1.15 bits per heavy atom. The fraction of sp³-hybridized carbons (Fsp3) is 0.118. The van der Waals surface area contributed by atoms with Crippen molar-refractivity contribution in [3.8, 4) is 0 Å². The van der Waals surface area contributed by atoms with E-state index in [2.05, 4.69) is 10.9 Å². The lowest BCUT2D eigenvalue weighted by Gasteiger charge is -2.12. The molecule has 7 nitrogen and oxygen atoms in total. The fourth-order valence-electron chi connectivity index (χ4n) is 2.55. The molecule has 0 fully saturated rings. The zero-order chi connectivity index (χ0) is 19.6. The highest BCUT2D eigenvalue weighted by molar-refractivity contribution is 5.85. The summed E-state index contributed by atoms with van der Waals surface area (Å²) in [6, 6.07) is 10.3. The molecule has 1 amide bonds. The summed E-state index contributed by atoms with van der Waals surface area (Å²) in [6.07, 6.45) is -2.88. The number of halogens is 3. The van der Waals surface area contributed by atoms with Gasteiger partial charge in [-0.2, -0.15) is 13.2 Å². The lowest BCUT2D eigenvalue weighted by molar-refractivity contribution is -0.384. The number of nitro groups is 1. The van der Waals surface area contributed by atoms with Crippen molar-refractivity contribution in [1.29, 1.82) is 0 Å². The minimum absolute atomic E-state index is 0.0593. The second kappa shape index (κ2) is 6.98. The van der Waals surface area contributed by atoms with E-state index in [1.807, 2.05) is 0 Å². The van der Waals surface area contributed by atoms with Crippen LogP contribution in [-0.4, -0.2) is 15.4 Å². The van der Waals surface area contributed by atoms with Crippen LogP contribution in [0.2, 0.25) is 0 Å². The number of benzene rings is 2. The number of alkyl halides is 3. The third-order valence-corrected chi connectivity index (χ3v) is 3.82. The number of hydrogen-bond acceptors (Lipinski definition) is 4. The van der Waals surface area contributed by atoms with Crippen molar-refractivity contribution in [3.05, 3.63) is 70.4 Å². The fourth-order valence-corrected chi connectivity index (χ4v) is 2.55. The van der Waals surface area contributed by atoms with Gasteiger partial charge in [0.2, 0.25) is 0 Å². The molecule has 10 heteroatoms. The molecule has 1 aromatic heterocycles. The van der Waals surface area contributed by atoms with E-state index in [-0.39, 0.29) is 17.9 Å². The molecule has 2 N–H and O–H groups in total. The molecule has 0 bridgehead atoms. The van der Waals surface area contributed by atoms with Gasteiger partial charge >= 0.3 is 6.18 Å². The first-order valence-corrected chi connectivity index (χ1v) is 7.69. The van der Waals surface area contributed by atoms with Crippen LogP contribution in [0.3, 0.4) is 0 Å². The van der Waals surface area contributed by atoms with Crippen LogP contribution in [0.4, 0.5) is 24.5 Å². The van der Waals surface area contributed by atoms with Crippen molar-refractivity contribution in [2.24, 2.45) is 0 Å². The van der Waals surface area contributed by atoms with E-state index in [9.17, 15) is 28.1 Å². The minimum Gasteiger partial charge on any atom is -0.338 e. The Morgan fingerprint density at radius 2 is 1.93 bits per heavy atom. The molecular formula is C17H13F3N4O3. The number of rotatable bonds is 5. The SMILES string of the molecule is O=C(Cn1ccc2cc([N+](=O)[O-])ccc21)NNc1cccc(C(F)(F)F)c1. The lowest BCUT2D eigenvalue weighted by atomic mass is 10.2. The first-order valence-electron chi connectivity index (χ1n) is 7.69. The molecule has 0 unspecified atom stereocenters. The summed E-state index contributed by atoms with van der Waals surface area (Å²) in [5.41, 5.74) is 4.58. The minimum atomic E-state index is -4.48. The standard InChI is InChI=1S/C17H13F3N4O3/c18-17(19,20)12-2-1-3-13(9-12)21-22-16(25)10-23-7-6-11-8-14(24(26)27)4-5-15(11)23/h1-9,21H,10H2,(H,22,25). The summed E-state index contributed by atoms with van der Waals surface area (Å²) in [5, 5.41) is 11.4. The first kappa shape index (κ1) is 18.2. The highest BCUT2D eigenvalue weighted by Crippen LogP contribution is 2.30. The van der Waals surface area contributed by atoms with Crippen LogP contribution < -0.4 is 10.9 Å². The molecule has 140 valence electrons. The Morgan fingerprint density at radius 3 is 2.63 bits per heavy atom. The van der Waals surface area contributed by atoms with Crippen molar-refractivity contribution >= 4 is 28.2 Å². The van der Waals surface area contributed by atoms with E-state index < -0.39 is 22.6 Å². The molecule has 2 aromatic carbocycles. The average Bonchev–Trinajstić information content (AvgIpc) is 3.01. The van der Waals surface area contributed by atoms with Gasteiger partial charge in [-0.1, -0.05) is 6.07 Å². The number of non-ortho nitro benzene ring substituents is 1. The second-order valence-corrected chi connectivity index (χ2v) is 5.70. The number of aromatic nitrogens is 1. The van der Waals surface area contributed by atoms with Gasteiger partial charge in [-0.25, -0.2) is 0 Å². The molecular weight excluding hydrogens is 365 g/mol. The molecule has 0 aliphatic carbocycles. The van der Waals surface area contributed by atoms with Gasteiger partial charge in [0.05, 0.1) is 16.2 Å². The number of fused-ring (bicyclic) bond motifs is 1. The Bertz CT molecular complexity index is 1010. The van der Waals surface area contributed by atoms with Gasteiger partial charge in [0, 0.05) is 29.2 Å². The number of anilines is 1. The normalized spacial score (nSPS) is 11.4. The quantitative estimate of drug-likeness (QED) is 0.523. The van der Waals surface area contributed by atoms with E-state index >= 15 is 0 Å². The highest BCUT2D eigenvalue weighted by atomic mass is 19.4. The van der Waals surface area contributed by atoms with Crippen molar-refractivity contribution in [2.75, 3.05) is 5.43 Å². The maximum absolute atomic E-state index is 12.7. The molecule has 27 heavy (non-hydrogen) atoms. The van der Waals surface area contributed by atoms with Gasteiger partial charge in [0.15, 0.2) is 0 Å². The monoisotopic (exact) mass is 378 g/mol. The van der Waals surface area contributed by atoms with Gasteiger partial charge < -0.3 is 4.57 Å². The summed E-state index contributed by atoms with van der Waals surface area (Å²) in [4.78, 5) is 22.3. The number of nitrogens with one attached hydrogen (secondary N) is 2. The van der Waals surface area contributed by atoms with Crippen LogP contribution >= 0.6 is 0 Å². The third kappa shape index (κ3) is 4.17. The van der Waals surface area contributed by atoms with Gasteiger partial charge in [-0.05, 0) is 30.3 Å². The lowest BCUT2D eigenvalue weighted by Crippen LogP contribution is -2.32. The van der Waals surface area contributed by atoms with Gasteiger partial charge in [-0.3, -0.25) is 25.8 Å². The topological polar surface area (TPSA) is 89.2 Å². The molecule has 0 aliphatic heterocycles. The number of carbonyl (C=O) groups is 1. The molecule has 0 radical (unpaired) electrons. The van der Waals surface area contributed by atoms with E-state index in [0.717, 1.165) is 12.1 Å². The van der Waals surface area contributed by atoms with Crippen molar-refractivity contribution in [2.45, 2.75) is 12.7 Å². The van der Waals surface area contributed by atoms with E-state index in [4.69, 9.17) is 0 Å². The first-order chi connectivity index (χ1) is 12.7. The van der Waals surface area contributed by atoms with Crippen LogP contribution in [0.1, 0.15) is 5.56 Å². The Kier molecular flexibility index (Phi) is 4.72. The molecule has 0 aliphatic rings. The van der Waals surface area contributed by atoms with Crippen LogP contribution in [0.5, 0.6) is 0 Å². The Labute approximate surface area is 150 Å². The maximum atomic E-state index is 12.7. The smallest absolute Gasteiger partial charge is 0.338 e. The average molecular weight is 378 g/mol. The van der Waals surface area contributed by atoms with Crippen molar-refractivity contribution in [1.82, 2.24) is 9.99 Å². The maximum Gasteiger partial charge on any atom is 0.416 e. The second-order valence-electron chi connectivity index (χ2n) is 5.70. The van der Waals surface area contributed by atoms with Crippen LogP contribution in [-0.2, 0) is 17.5 Å². The highest BCUT2D eigenvalue weighted by Gasteiger charge is 2.30. The zero-order valence-electron chi connectivity index (χ0n) is 13.7. The number of nitro benzene ring substituents is 1. The molecule has 0 atom stereocenters. The summed E-state index contributed by atoms with van der Waals surface area (Å²) >= 11 is 0. The zero-order valence-corrected chi connectivity index (χ0v) is 13.7. The van der Waals surface area contributed by atoms with Crippen molar-refractivity contribution in [3.63, 3.8) is 0 Å². The Hall–Kier alpha value is -3.56. The third-order valence-electron chi connectivity index (χ3n) is 3.82. The Balaban J connectivity index is 1.66. The van der Waals surface area contributed by atoms with Gasteiger partial charge in [-0.15, -0.1) is 0 Å². The van der Waals surface area contributed by atoms with Crippen LogP contribution in [0.15, 0.2) is 54.7 Å². The predicted molar refractivity (Wildman–Crippen MR) is 91.8 cm³/mol. The number of nitrogens with zero attached hydrogens (tertiary/aromatic N) is 2. The summed E-state index contributed by atoms with van der Waals surface area (Å²) in [5.74, 6) is -0.497. The molecule has 0 saturated heterocycles. The number of amides is 1. The summed E-state index contributed by atoms with van der Waals surface area (Å²) in [6.45, 7) is -0.118. The molecule has 3 aromatic rings. The predicted octanol–water partition coefficient (Wildman–Crippen LogP) is 3.71. The van der Waals surface area contributed by atoms with E-state index in [1.165, 1.54) is 30.3 Å². The summed E-state index contributed by atoms with van der Waals surface area (Å²) in [7, 11) is 0. The van der Waals surface area contributed by atoms with E-state index in [1.54, 1.807) is 16.8 Å². The number of hydrogen-bond donors (Lipinski definition) is 2. The van der Waals surface area contributed by atoms with E-state index in [0.29, 0.717) is 10.9 Å². The molecule has 0 spiro atoms. The molecule has 0 saturated carbocycles. The number of carbonyl (C=O) groups excluding carboxylic acids is 1. The summed E-state index contributed by atoms with van der Waals surface area (Å²) < 4.78 is 39.6. The molecule has 3 rings (SSSR count). The number of hydrazine groups is 1. The van der Waals surface area contributed by atoms with Crippen molar-refractivity contribution < 1.29 is 22.9 Å². The molecule has 1 heterocycles. The van der Waals surface area contributed by atoms with Gasteiger partial charge in [0.25, 0.3) is 11.6 Å². The largest absolute Gasteiger partial charge is 0.416 e. The van der Waals surface area contributed by atoms with Gasteiger partial charge in [0.1, 0.15) is 6.54 Å². The van der Waals surface area contributed by atoms with Crippen LogP contribution in [0.25, 0.3) is 10.9 Å².